The molecule has 0 aliphatic heterocycles. The molecule has 76 valence electrons. The number of rotatable bonds is 2. The van der Waals surface area contributed by atoms with E-state index in [1.165, 1.54) is 0 Å². The topological polar surface area (TPSA) is 46.5 Å². The number of hydrogen-bond donors (Lipinski definition) is 1. The summed E-state index contributed by atoms with van der Waals surface area (Å²) in [6.07, 6.45) is -1.89. The van der Waals surface area contributed by atoms with Crippen LogP contribution in [0.2, 0.25) is 0 Å². The van der Waals surface area contributed by atoms with Gasteiger partial charge in [-0.15, -0.1) is 0 Å². The second-order valence-corrected chi connectivity index (χ2v) is 3.17. The van der Waals surface area contributed by atoms with Gasteiger partial charge in [0, 0.05) is 0 Å². The van der Waals surface area contributed by atoms with Crippen LogP contribution in [0.3, 0.4) is 0 Å². The summed E-state index contributed by atoms with van der Waals surface area (Å²) >= 11 is 0. The van der Waals surface area contributed by atoms with Crippen LogP contribution < -0.4 is 0 Å². The Kier molecular flexibility index (Phi) is 3.59. The van der Waals surface area contributed by atoms with E-state index < -0.39 is 18.5 Å². The Morgan fingerprint density at radius 1 is 1.31 bits per heavy atom. The molecule has 0 atom stereocenters. The Morgan fingerprint density at radius 3 is 2.31 bits per heavy atom. The third-order valence-electron chi connectivity index (χ3n) is 2.10. The summed E-state index contributed by atoms with van der Waals surface area (Å²) in [6.45, 7) is 0. The van der Waals surface area contributed by atoms with Crippen molar-refractivity contribution < 1.29 is 23.4 Å². The van der Waals surface area contributed by atoms with E-state index in [1.807, 2.05) is 0 Å². The molecule has 5 heteroatoms. The molecule has 0 aromatic heterocycles. The third-order valence-corrected chi connectivity index (χ3v) is 2.10. The molecule has 1 fully saturated rings. The second-order valence-electron chi connectivity index (χ2n) is 3.17. The number of hydrogen-bond acceptors (Lipinski definition) is 3. The summed E-state index contributed by atoms with van der Waals surface area (Å²) in [5.74, 6) is -1.46. The van der Waals surface area contributed by atoms with Gasteiger partial charge in [-0.3, -0.25) is 0 Å². The Labute approximate surface area is 74.7 Å². The monoisotopic (exact) mass is 194 g/mol. The quantitative estimate of drug-likeness (QED) is 0.669. The number of halogens is 2. The van der Waals surface area contributed by atoms with Gasteiger partial charge in [0.2, 0.25) is 0 Å². The zero-order valence-electron chi connectivity index (χ0n) is 7.08. The van der Waals surface area contributed by atoms with Crippen molar-refractivity contribution in [1.82, 2.24) is 0 Å². The van der Waals surface area contributed by atoms with Crippen molar-refractivity contribution in [2.45, 2.75) is 44.3 Å². The first-order valence-electron chi connectivity index (χ1n) is 4.26. The van der Waals surface area contributed by atoms with Gasteiger partial charge in [0.05, 0.1) is 6.10 Å². The van der Waals surface area contributed by atoms with Gasteiger partial charge in [-0.25, -0.2) is 4.79 Å². The molecule has 0 amide bonds. The van der Waals surface area contributed by atoms with E-state index in [9.17, 15) is 13.6 Å². The summed E-state index contributed by atoms with van der Waals surface area (Å²) < 4.78 is 28.0. The number of alkyl halides is 2. The van der Waals surface area contributed by atoms with E-state index in [1.54, 1.807) is 0 Å². The number of carbonyl (C=O) groups is 1. The molecule has 0 bridgehead atoms. The highest BCUT2D eigenvalue weighted by atomic mass is 19.3. The lowest BCUT2D eigenvalue weighted by molar-refractivity contribution is -0.164. The normalized spacial score (nSPS) is 28.9. The highest BCUT2D eigenvalue weighted by Gasteiger charge is 2.26. The Hall–Kier alpha value is -0.710. The minimum atomic E-state index is -3.05. The molecule has 1 N–H and O–H groups in total. The SMILES string of the molecule is O=C(OC1CCC(O)CC1)C(F)F. The average Bonchev–Trinajstić information content (AvgIpc) is 2.08. The second kappa shape index (κ2) is 4.50. The van der Waals surface area contributed by atoms with Gasteiger partial charge >= 0.3 is 12.4 Å². The lowest BCUT2D eigenvalue weighted by Gasteiger charge is -2.24. The maximum Gasteiger partial charge on any atom is 0.374 e. The van der Waals surface area contributed by atoms with Gasteiger partial charge < -0.3 is 9.84 Å². The zero-order valence-corrected chi connectivity index (χ0v) is 7.08. The van der Waals surface area contributed by atoms with Crippen molar-refractivity contribution in [2.24, 2.45) is 0 Å². The number of aliphatic hydroxyl groups is 1. The van der Waals surface area contributed by atoms with Gasteiger partial charge in [-0.05, 0) is 25.7 Å². The molecule has 0 aromatic rings. The molecule has 0 radical (unpaired) electrons. The van der Waals surface area contributed by atoms with E-state index in [-0.39, 0.29) is 6.10 Å². The molecular weight excluding hydrogens is 182 g/mol. The molecule has 1 aliphatic rings. The summed E-state index contributed by atoms with van der Waals surface area (Å²) in [5.41, 5.74) is 0. The molecule has 0 heterocycles. The van der Waals surface area contributed by atoms with Crippen LogP contribution in [0.25, 0.3) is 0 Å². The van der Waals surface area contributed by atoms with Gasteiger partial charge in [0.15, 0.2) is 0 Å². The van der Waals surface area contributed by atoms with Gasteiger partial charge in [0.25, 0.3) is 0 Å². The lowest BCUT2D eigenvalue weighted by Crippen LogP contribution is -2.28. The van der Waals surface area contributed by atoms with Crippen molar-refractivity contribution in [2.75, 3.05) is 0 Å². The van der Waals surface area contributed by atoms with Crippen LogP contribution in [0.1, 0.15) is 25.7 Å². The smallest absolute Gasteiger partial charge is 0.374 e. The fourth-order valence-electron chi connectivity index (χ4n) is 1.38. The fourth-order valence-corrected chi connectivity index (χ4v) is 1.38. The first-order chi connectivity index (χ1) is 6.09. The minimum absolute atomic E-state index is 0.374. The number of aliphatic hydroxyl groups excluding tert-OH is 1. The number of ether oxygens (including phenoxy) is 1. The molecule has 0 unspecified atom stereocenters. The molecular formula is C8H12F2O3. The first-order valence-corrected chi connectivity index (χ1v) is 4.26. The van der Waals surface area contributed by atoms with E-state index in [0.717, 1.165) is 0 Å². The van der Waals surface area contributed by atoms with E-state index in [4.69, 9.17) is 5.11 Å². The molecule has 13 heavy (non-hydrogen) atoms. The largest absolute Gasteiger partial charge is 0.458 e. The molecule has 0 aromatic carbocycles. The molecule has 1 rings (SSSR count). The number of esters is 1. The standard InChI is InChI=1S/C8H12F2O3/c9-7(10)8(12)13-6-3-1-5(11)2-4-6/h5-7,11H,1-4H2. The van der Waals surface area contributed by atoms with Crippen molar-refractivity contribution >= 4 is 5.97 Å². The maximum absolute atomic E-state index is 11.7. The van der Waals surface area contributed by atoms with Crippen molar-refractivity contribution in [1.29, 1.82) is 0 Å². The highest BCUT2D eigenvalue weighted by Crippen LogP contribution is 2.21. The molecule has 1 saturated carbocycles. The van der Waals surface area contributed by atoms with Gasteiger partial charge in [-0.2, -0.15) is 8.78 Å². The van der Waals surface area contributed by atoms with E-state index in [0.29, 0.717) is 25.7 Å². The van der Waals surface area contributed by atoms with Crippen LogP contribution in [0.4, 0.5) is 8.78 Å². The minimum Gasteiger partial charge on any atom is -0.458 e. The predicted octanol–water partition coefficient (Wildman–Crippen LogP) is 1.10. The Balaban J connectivity index is 2.26. The summed E-state index contributed by atoms with van der Waals surface area (Å²) in [6, 6.07) is 0. The Morgan fingerprint density at radius 2 is 1.85 bits per heavy atom. The highest BCUT2D eigenvalue weighted by molar-refractivity contribution is 5.72. The van der Waals surface area contributed by atoms with Crippen LogP contribution in [0.15, 0.2) is 0 Å². The van der Waals surface area contributed by atoms with Crippen LogP contribution in [-0.2, 0) is 9.53 Å². The molecule has 1 aliphatic carbocycles. The van der Waals surface area contributed by atoms with Gasteiger partial charge in [0.1, 0.15) is 6.10 Å². The summed E-state index contributed by atoms with van der Waals surface area (Å²) in [4.78, 5) is 10.5. The Bertz CT molecular complexity index is 176. The number of carbonyl (C=O) groups excluding carboxylic acids is 1. The van der Waals surface area contributed by atoms with Crippen molar-refractivity contribution in [3.05, 3.63) is 0 Å². The molecule has 0 saturated heterocycles. The molecule has 3 nitrogen and oxygen atoms in total. The predicted molar refractivity (Wildman–Crippen MR) is 40.4 cm³/mol. The van der Waals surface area contributed by atoms with Crippen LogP contribution >= 0.6 is 0 Å². The van der Waals surface area contributed by atoms with Gasteiger partial charge in [-0.1, -0.05) is 0 Å². The average molecular weight is 194 g/mol. The zero-order chi connectivity index (χ0) is 9.84. The van der Waals surface area contributed by atoms with E-state index in [2.05, 4.69) is 4.74 Å². The lowest BCUT2D eigenvalue weighted by atomic mass is 9.95. The van der Waals surface area contributed by atoms with Crippen molar-refractivity contribution in [3.63, 3.8) is 0 Å². The fraction of sp³-hybridized carbons (Fsp3) is 0.875. The van der Waals surface area contributed by atoms with Crippen molar-refractivity contribution in [3.8, 4) is 0 Å². The summed E-state index contributed by atoms with van der Waals surface area (Å²) in [7, 11) is 0. The van der Waals surface area contributed by atoms with Crippen LogP contribution in [-0.4, -0.2) is 29.7 Å². The third kappa shape index (κ3) is 3.26. The van der Waals surface area contributed by atoms with E-state index >= 15 is 0 Å². The maximum atomic E-state index is 11.7. The van der Waals surface area contributed by atoms with Crippen LogP contribution in [0, 0.1) is 0 Å². The summed E-state index contributed by atoms with van der Waals surface area (Å²) in [5, 5.41) is 9.08. The molecule has 0 spiro atoms. The van der Waals surface area contributed by atoms with Crippen LogP contribution in [0.5, 0.6) is 0 Å². The first kappa shape index (κ1) is 10.4.